The molecule has 2 N–H and O–H groups in total. The summed E-state index contributed by atoms with van der Waals surface area (Å²) in [6.07, 6.45) is -2.34. The molecule has 8 heteroatoms. The Balaban J connectivity index is 1.80. The molecule has 0 atom stereocenters. The van der Waals surface area contributed by atoms with Crippen molar-refractivity contribution in [2.75, 3.05) is 11.9 Å². The normalized spacial score (nSPS) is 14.7. The van der Waals surface area contributed by atoms with Crippen LogP contribution < -0.4 is 15.4 Å². The molecule has 21 heavy (non-hydrogen) atoms. The second-order valence-corrected chi connectivity index (χ2v) is 5.57. The maximum absolute atomic E-state index is 12.1. The first-order valence-electron chi connectivity index (χ1n) is 6.42. The highest BCUT2D eigenvalue weighted by Crippen LogP contribution is 2.32. The molecule has 0 aromatic heterocycles. The van der Waals surface area contributed by atoms with Gasteiger partial charge in [0.15, 0.2) is 0 Å². The van der Waals surface area contributed by atoms with Gasteiger partial charge in [-0.05, 0) is 47.0 Å². The van der Waals surface area contributed by atoms with E-state index in [-0.39, 0.29) is 16.1 Å². The number of nitrogens with one attached hydrogen (secondary N) is 2. The van der Waals surface area contributed by atoms with E-state index in [1.165, 1.54) is 18.2 Å². The van der Waals surface area contributed by atoms with Gasteiger partial charge in [0.2, 0.25) is 5.91 Å². The summed E-state index contributed by atoms with van der Waals surface area (Å²) < 4.78 is 40.4. The number of anilines is 1. The number of amides is 1. The van der Waals surface area contributed by atoms with Crippen LogP contribution in [0.1, 0.15) is 19.3 Å². The van der Waals surface area contributed by atoms with Crippen molar-refractivity contribution in [2.24, 2.45) is 0 Å². The number of hydrogen-bond acceptors (Lipinski definition) is 3. The lowest BCUT2D eigenvalue weighted by molar-refractivity contribution is -0.274. The van der Waals surface area contributed by atoms with Gasteiger partial charge >= 0.3 is 6.36 Å². The van der Waals surface area contributed by atoms with E-state index in [1.807, 2.05) is 0 Å². The zero-order chi connectivity index (χ0) is 15.5. The topological polar surface area (TPSA) is 50.4 Å². The van der Waals surface area contributed by atoms with Gasteiger partial charge in [-0.2, -0.15) is 0 Å². The summed E-state index contributed by atoms with van der Waals surface area (Å²) in [5, 5.41) is 5.83. The lowest BCUT2D eigenvalue weighted by Gasteiger charge is -2.12. The van der Waals surface area contributed by atoms with E-state index >= 15 is 0 Å². The molecule has 1 aliphatic carbocycles. The van der Waals surface area contributed by atoms with Crippen molar-refractivity contribution in [1.82, 2.24) is 5.32 Å². The Morgan fingerprint density at radius 1 is 1.38 bits per heavy atom. The van der Waals surface area contributed by atoms with Crippen LogP contribution in [-0.2, 0) is 4.79 Å². The third-order valence-electron chi connectivity index (χ3n) is 2.78. The van der Waals surface area contributed by atoms with Crippen molar-refractivity contribution in [2.45, 2.75) is 31.7 Å². The average molecular weight is 367 g/mol. The second kappa shape index (κ2) is 6.55. The van der Waals surface area contributed by atoms with Crippen LogP contribution in [0.25, 0.3) is 0 Å². The zero-order valence-electron chi connectivity index (χ0n) is 11.0. The van der Waals surface area contributed by atoms with Crippen LogP contribution in [0.15, 0.2) is 22.7 Å². The molecule has 0 unspecified atom stereocenters. The SMILES string of the molecule is O=C(CCNc1ccc(OC(F)(F)F)c(Br)c1)NC1CC1. The number of benzene rings is 1. The van der Waals surface area contributed by atoms with Gasteiger partial charge in [-0.15, -0.1) is 13.2 Å². The molecule has 1 fully saturated rings. The Morgan fingerprint density at radius 2 is 2.10 bits per heavy atom. The number of carbonyl (C=O) groups is 1. The Labute approximate surface area is 128 Å². The van der Waals surface area contributed by atoms with Crippen LogP contribution >= 0.6 is 15.9 Å². The van der Waals surface area contributed by atoms with Crippen molar-refractivity contribution in [3.8, 4) is 5.75 Å². The Morgan fingerprint density at radius 3 is 2.67 bits per heavy atom. The molecule has 0 radical (unpaired) electrons. The zero-order valence-corrected chi connectivity index (χ0v) is 12.6. The summed E-state index contributed by atoms with van der Waals surface area (Å²) in [6, 6.07) is 4.47. The van der Waals surface area contributed by atoms with Gasteiger partial charge in [-0.25, -0.2) is 0 Å². The van der Waals surface area contributed by atoms with Gasteiger partial charge in [-0.3, -0.25) is 4.79 Å². The molecule has 0 heterocycles. The van der Waals surface area contributed by atoms with Crippen LogP contribution in [-0.4, -0.2) is 24.9 Å². The van der Waals surface area contributed by atoms with Gasteiger partial charge in [0.25, 0.3) is 0 Å². The number of alkyl halides is 3. The Hall–Kier alpha value is -1.44. The van der Waals surface area contributed by atoms with E-state index in [4.69, 9.17) is 0 Å². The maximum Gasteiger partial charge on any atom is 0.573 e. The molecule has 2 rings (SSSR count). The highest BCUT2D eigenvalue weighted by Gasteiger charge is 2.31. The molecule has 0 bridgehead atoms. The number of ether oxygens (including phenoxy) is 1. The second-order valence-electron chi connectivity index (χ2n) is 4.71. The highest BCUT2D eigenvalue weighted by atomic mass is 79.9. The quantitative estimate of drug-likeness (QED) is 0.810. The standard InChI is InChI=1S/C13H14BrF3N2O2/c14-10-7-9(3-4-11(10)21-13(15,16)17)18-6-5-12(20)19-8-1-2-8/h3-4,7-8,18H,1-2,5-6H2,(H,19,20). The molecule has 1 aromatic rings. The predicted molar refractivity (Wildman–Crippen MR) is 75.1 cm³/mol. The van der Waals surface area contributed by atoms with Gasteiger partial charge in [0, 0.05) is 24.7 Å². The fourth-order valence-corrected chi connectivity index (χ4v) is 2.13. The molecule has 1 amide bonds. The minimum Gasteiger partial charge on any atom is -0.405 e. The summed E-state index contributed by atoms with van der Waals surface area (Å²) in [5.41, 5.74) is 0.607. The van der Waals surface area contributed by atoms with Gasteiger partial charge in [-0.1, -0.05) is 0 Å². The van der Waals surface area contributed by atoms with Crippen molar-refractivity contribution < 1.29 is 22.7 Å². The lowest BCUT2D eigenvalue weighted by atomic mass is 10.3. The van der Waals surface area contributed by atoms with Crippen LogP contribution in [0.3, 0.4) is 0 Å². The van der Waals surface area contributed by atoms with Crippen LogP contribution in [0.2, 0.25) is 0 Å². The van der Waals surface area contributed by atoms with Gasteiger partial charge in [0.05, 0.1) is 4.47 Å². The Bertz CT molecular complexity index is 519. The first kappa shape index (κ1) is 15.9. The summed E-state index contributed by atoms with van der Waals surface area (Å²) in [6.45, 7) is 0.407. The molecule has 1 aromatic carbocycles. The molecule has 0 saturated heterocycles. The van der Waals surface area contributed by atoms with Crippen molar-refractivity contribution in [3.05, 3.63) is 22.7 Å². The summed E-state index contributed by atoms with van der Waals surface area (Å²) >= 11 is 3.02. The number of carbonyl (C=O) groups excluding carboxylic acids is 1. The highest BCUT2D eigenvalue weighted by molar-refractivity contribution is 9.10. The van der Waals surface area contributed by atoms with E-state index in [0.29, 0.717) is 24.7 Å². The molecule has 1 aliphatic rings. The van der Waals surface area contributed by atoms with Crippen molar-refractivity contribution in [1.29, 1.82) is 0 Å². The number of halogens is 4. The Kier molecular flexibility index (Phi) is 4.97. The van der Waals surface area contributed by atoms with E-state index in [2.05, 4.69) is 31.3 Å². The average Bonchev–Trinajstić information content (AvgIpc) is 3.15. The first-order valence-corrected chi connectivity index (χ1v) is 7.21. The molecule has 0 aliphatic heterocycles. The maximum atomic E-state index is 12.1. The smallest absolute Gasteiger partial charge is 0.405 e. The van der Waals surface area contributed by atoms with E-state index < -0.39 is 6.36 Å². The van der Waals surface area contributed by atoms with Crippen LogP contribution in [0.5, 0.6) is 5.75 Å². The van der Waals surface area contributed by atoms with Crippen molar-refractivity contribution in [3.63, 3.8) is 0 Å². The van der Waals surface area contributed by atoms with Crippen LogP contribution in [0, 0.1) is 0 Å². The minimum atomic E-state index is -4.72. The van der Waals surface area contributed by atoms with Crippen LogP contribution in [0.4, 0.5) is 18.9 Å². The molecule has 4 nitrogen and oxygen atoms in total. The third kappa shape index (κ3) is 5.82. The first-order chi connectivity index (χ1) is 9.83. The summed E-state index contributed by atoms with van der Waals surface area (Å²) in [4.78, 5) is 11.5. The van der Waals surface area contributed by atoms with Gasteiger partial charge in [0.1, 0.15) is 5.75 Å². The largest absolute Gasteiger partial charge is 0.573 e. The molecule has 1 saturated carbocycles. The van der Waals surface area contributed by atoms with Gasteiger partial charge < -0.3 is 15.4 Å². The molecular weight excluding hydrogens is 353 g/mol. The van der Waals surface area contributed by atoms with Crippen molar-refractivity contribution >= 4 is 27.5 Å². The minimum absolute atomic E-state index is 0.0268. The molecular formula is C13H14BrF3N2O2. The molecule has 0 spiro atoms. The predicted octanol–water partition coefficient (Wildman–Crippen LogP) is 3.43. The van der Waals surface area contributed by atoms with E-state index in [1.54, 1.807) is 0 Å². The fraction of sp³-hybridized carbons (Fsp3) is 0.462. The monoisotopic (exact) mass is 366 g/mol. The summed E-state index contributed by atoms with van der Waals surface area (Å²) in [5.74, 6) is -0.333. The fourth-order valence-electron chi connectivity index (χ4n) is 1.67. The number of hydrogen-bond donors (Lipinski definition) is 2. The lowest BCUT2D eigenvalue weighted by Crippen LogP contribution is -2.27. The molecule has 116 valence electrons. The van der Waals surface area contributed by atoms with E-state index in [0.717, 1.165) is 12.8 Å². The third-order valence-corrected chi connectivity index (χ3v) is 3.40. The van der Waals surface area contributed by atoms with E-state index in [9.17, 15) is 18.0 Å². The number of rotatable bonds is 6. The summed E-state index contributed by atoms with van der Waals surface area (Å²) in [7, 11) is 0.